The van der Waals surface area contributed by atoms with Crippen LogP contribution in [0, 0.1) is 5.92 Å². The Morgan fingerprint density at radius 2 is 1.96 bits per heavy atom. The Bertz CT molecular complexity index is 764. The standard InChI is InChI=1S/C21H28BrN3O2/c1-4-15(2)25-11-9-16(10-12-25)14-27-21-23-13-19(24(21)3)20(26)17-5-7-18(22)8-6-17/h5-8,13,15-16H,4,9-12,14H2,1-3H3. The van der Waals surface area contributed by atoms with E-state index in [-0.39, 0.29) is 5.78 Å². The second kappa shape index (κ2) is 9.02. The van der Waals surface area contributed by atoms with Crippen molar-refractivity contribution in [3.05, 3.63) is 46.2 Å². The molecule has 6 heteroatoms. The molecule has 2 aromatic rings. The van der Waals surface area contributed by atoms with E-state index >= 15 is 0 Å². The molecule has 1 saturated heterocycles. The summed E-state index contributed by atoms with van der Waals surface area (Å²) in [5.41, 5.74) is 1.18. The molecule has 146 valence electrons. The summed E-state index contributed by atoms with van der Waals surface area (Å²) in [4.78, 5) is 19.6. The van der Waals surface area contributed by atoms with Gasteiger partial charge in [-0.15, -0.1) is 0 Å². The van der Waals surface area contributed by atoms with Crippen LogP contribution in [0.1, 0.15) is 49.2 Å². The number of halogens is 1. The quantitative estimate of drug-likeness (QED) is 0.610. The molecular formula is C21H28BrN3O2. The van der Waals surface area contributed by atoms with Crippen molar-refractivity contribution in [2.24, 2.45) is 13.0 Å². The van der Waals surface area contributed by atoms with Crippen LogP contribution in [0.2, 0.25) is 0 Å². The number of carbonyl (C=O) groups excluding carboxylic acids is 1. The molecule has 27 heavy (non-hydrogen) atoms. The van der Waals surface area contributed by atoms with Gasteiger partial charge in [0.15, 0.2) is 0 Å². The fourth-order valence-corrected chi connectivity index (χ4v) is 3.76. The fraction of sp³-hybridized carbons (Fsp3) is 0.524. The maximum atomic E-state index is 12.7. The molecule has 0 bridgehead atoms. The second-order valence-electron chi connectivity index (χ2n) is 7.37. The SMILES string of the molecule is CCC(C)N1CCC(COc2ncc(C(=O)c3ccc(Br)cc3)n2C)CC1. The summed E-state index contributed by atoms with van der Waals surface area (Å²) in [6.45, 7) is 7.47. The van der Waals surface area contributed by atoms with E-state index in [9.17, 15) is 4.79 Å². The van der Waals surface area contributed by atoms with Crippen LogP contribution in [-0.4, -0.2) is 46.0 Å². The number of likely N-dealkylation sites (tertiary alicyclic amines) is 1. The number of aromatic nitrogens is 2. The maximum Gasteiger partial charge on any atom is 0.296 e. The molecule has 2 heterocycles. The Kier molecular flexibility index (Phi) is 6.71. The van der Waals surface area contributed by atoms with Crippen LogP contribution in [0.3, 0.4) is 0 Å². The third-order valence-electron chi connectivity index (χ3n) is 5.60. The average molecular weight is 434 g/mol. The average Bonchev–Trinajstić information content (AvgIpc) is 3.06. The van der Waals surface area contributed by atoms with Gasteiger partial charge in [0.05, 0.1) is 12.8 Å². The smallest absolute Gasteiger partial charge is 0.296 e. The van der Waals surface area contributed by atoms with Crippen molar-refractivity contribution in [2.45, 2.75) is 39.2 Å². The minimum absolute atomic E-state index is 0.0470. The normalized spacial score (nSPS) is 17.0. The predicted molar refractivity (Wildman–Crippen MR) is 110 cm³/mol. The van der Waals surface area contributed by atoms with Gasteiger partial charge in [0.25, 0.3) is 6.01 Å². The van der Waals surface area contributed by atoms with Crippen LogP contribution < -0.4 is 4.74 Å². The highest BCUT2D eigenvalue weighted by atomic mass is 79.9. The lowest BCUT2D eigenvalue weighted by Gasteiger charge is -2.35. The van der Waals surface area contributed by atoms with Crippen molar-refractivity contribution in [3.63, 3.8) is 0 Å². The van der Waals surface area contributed by atoms with Crippen molar-refractivity contribution in [3.8, 4) is 6.01 Å². The molecule has 0 saturated carbocycles. The zero-order valence-electron chi connectivity index (χ0n) is 16.3. The third-order valence-corrected chi connectivity index (χ3v) is 6.12. The molecule has 0 aliphatic carbocycles. The van der Waals surface area contributed by atoms with Crippen molar-refractivity contribution in [1.29, 1.82) is 0 Å². The van der Waals surface area contributed by atoms with Crippen LogP contribution >= 0.6 is 15.9 Å². The summed E-state index contributed by atoms with van der Waals surface area (Å²) in [6.07, 6.45) is 5.10. The summed E-state index contributed by atoms with van der Waals surface area (Å²) in [5.74, 6) is 0.502. The molecule has 1 unspecified atom stereocenters. The number of rotatable bonds is 7. The first kappa shape index (κ1) is 20.1. The number of imidazole rings is 1. The van der Waals surface area contributed by atoms with Gasteiger partial charge in [-0.2, -0.15) is 0 Å². The summed E-state index contributed by atoms with van der Waals surface area (Å²) in [5, 5.41) is 0. The fourth-order valence-electron chi connectivity index (χ4n) is 3.50. The van der Waals surface area contributed by atoms with E-state index < -0.39 is 0 Å². The molecule has 0 radical (unpaired) electrons. The number of ether oxygens (including phenoxy) is 1. The van der Waals surface area contributed by atoms with Crippen molar-refractivity contribution < 1.29 is 9.53 Å². The Morgan fingerprint density at radius 3 is 2.59 bits per heavy atom. The first-order valence-corrected chi connectivity index (χ1v) is 10.5. The zero-order valence-corrected chi connectivity index (χ0v) is 17.9. The minimum atomic E-state index is -0.0470. The van der Waals surface area contributed by atoms with E-state index in [4.69, 9.17) is 4.74 Å². The van der Waals surface area contributed by atoms with Gasteiger partial charge in [-0.25, -0.2) is 4.98 Å². The van der Waals surface area contributed by atoms with E-state index in [1.807, 2.05) is 31.3 Å². The molecular weight excluding hydrogens is 406 g/mol. The minimum Gasteiger partial charge on any atom is -0.464 e. The molecule has 1 aromatic carbocycles. The van der Waals surface area contributed by atoms with Crippen LogP contribution in [0.25, 0.3) is 0 Å². The van der Waals surface area contributed by atoms with Crippen LogP contribution in [0.4, 0.5) is 0 Å². The number of hydrogen-bond acceptors (Lipinski definition) is 4. The number of nitrogens with zero attached hydrogens (tertiary/aromatic N) is 3. The molecule has 0 spiro atoms. The van der Waals surface area contributed by atoms with Crippen molar-refractivity contribution in [2.75, 3.05) is 19.7 Å². The Balaban J connectivity index is 1.57. The lowest BCUT2D eigenvalue weighted by molar-refractivity contribution is 0.102. The third kappa shape index (κ3) is 4.79. The first-order chi connectivity index (χ1) is 13.0. The summed E-state index contributed by atoms with van der Waals surface area (Å²) in [7, 11) is 1.83. The monoisotopic (exact) mass is 433 g/mol. The van der Waals surface area contributed by atoms with E-state index in [2.05, 4.69) is 39.7 Å². The van der Waals surface area contributed by atoms with E-state index in [0.717, 1.165) is 30.4 Å². The van der Waals surface area contributed by atoms with Gasteiger partial charge in [0.1, 0.15) is 5.69 Å². The Hall–Kier alpha value is -1.66. The number of hydrogen-bond donors (Lipinski definition) is 0. The second-order valence-corrected chi connectivity index (χ2v) is 8.28. The molecule has 3 rings (SSSR count). The van der Waals surface area contributed by atoms with Gasteiger partial charge in [0, 0.05) is 23.1 Å². The van der Waals surface area contributed by atoms with Crippen LogP contribution in [-0.2, 0) is 7.05 Å². The molecule has 1 atom stereocenters. The van der Waals surface area contributed by atoms with Crippen LogP contribution in [0.5, 0.6) is 6.01 Å². The lowest BCUT2D eigenvalue weighted by atomic mass is 9.96. The van der Waals surface area contributed by atoms with Crippen LogP contribution in [0.15, 0.2) is 34.9 Å². The van der Waals surface area contributed by atoms with Gasteiger partial charge in [-0.05, 0) is 69.5 Å². The topological polar surface area (TPSA) is 47.4 Å². The molecule has 1 fully saturated rings. The van der Waals surface area contributed by atoms with Gasteiger partial charge >= 0.3 is 0 Å². The highest BCUT2D eigenvalue weighted by Crippen LogP contribution is 2.22. The van der Waals surface area contributed by atoms with Gasteiger partial charge in [-0.3, -0.25) is 9.36 Å². The summed E-state index contributed by atoms with van der Waals surface area (Å²) < 4.78 is 8.66. The van der Waals surface area contributed by atoms with Gasteiger partial charge < -0.3 is 9.64 Å². The van der Waals surface area contributed by atoms with E-state index in [1.54, 1.807) is 10.8 Å². The van der Waals surface area contributed by atoms with E-state index in [1.165, 1.54) is 6.42 Å². The van der Waals surface area contributed by atoms with Crippen molar-refractivity contribution >= 4 is 21.7 Å². The number of ketones is 1. The van der Waals surface area contributed by atoms with Gasteiger partial charge in [0.2, 0.25) is 5.78 Å². The number of piperidine rings is 1. The first-order valence-electron chi connectivity index (χ1n) is 9.68. The molecule has 5 nitrogen and oxygen atoms in total. The Morgan fingerprint density at radius 1 is 1.30 bits per heavy atom. The van der Waals surface area contributed by atoms with Crippen molar-refractivity contribution in [1.82, 2.24) is 14.5 Å². The number of benzene rings is 1. The summed E-state index contributed by atoms with van der Waals surface area (Å²) in [6, 6.07) is 8.53. The Labute approximate surface area is 169 Å². The molecule has 1 aromatic heterocycles. The highest BCUT2D eigenvalue weighted by molar-refractivity contribution is 9.10. The highest BCUT2D eigenvalue weighted by Gasteiger charge is 2.23. The zero-order chi connectivity index (χ0) is 19.4. The largest absolute Gasteiger partial charge is 0.464 e. The van der Waals surface area contributed by atoms with Gasteiger partial charge in [-0.1, -0.05) is 22.9 Å². The molecule has 0 N–H and O–H groups in total. The maximum absolute atomic E-state index is 12.7. The van der Waals surface area contributed by atoms with E-state index in [0.29, 0.717) is 35.8 Å². The number of carbonyl (C=O) groups is 1. The predicted octanol–water partition coefficient (Wildman–Crippen LogP) is 4.30. The molecule has 0 amide bonds. The molecule has 1 aliphatic rings. The summed E-state index contributed by atoms with van der Waals surface area (Å²) >= 11 is 3.39. The lowest BCUT2D eigenvalue weighted by Crippen LogP contribution is -2.40. The molecule has 1 aliphatic heterocycles.